The second kappa shape index (κ2) is 9.91. The molecule has 172 valence electrons. The van der Waals surface area contributed by atoms with Gasteiger partial charge in [-0.25, -0.2) is 0 Å². The highest BCUT2D eigenvalue weighted by Gasteiger charge is 2.37. The van der Waals surface area contributed by atoms with Crippen molar-refractivity contribution in [1.29, 1.82) is 0 Å². The Balaban J connectivity index is 1.48. The van der Waals surface area contributed by atoms with Crippen LogP contribution in [0.1, 0.15) is 89.9 Å². The van der Waals surface area contributed by atoms with Gasteiger partial charge in [0, 0.05) is 18.7 Å². The molecule has 1 aromatic rings. The number of hydrogen-bond donors (Lipinski definition) is 0. The topological polar surface area (TPSA) is 21.6 Å². The maximum atomic E-state index is 6.56. The Bertz CT molecular complexity index is 924. The van der Waals surface area contributed by atoms with E-state index in [1.807, 2.05) is 7.05 Å². The van der Waals surface area contributed by atoms with Crippen LogP contribution in [0.15, 0.2) is 64.7 Å². The van der Waals surface area contributed by atoms with Gasteiger partial charge in [0.1, 0.15) is 0 Å². The average Bonchev–Trinajstić information content (AvgIpc) is 2.95. The molecule has 3 aliphatic rings. The summed E-state index contributed by atoms with van der Waals surface area (Å²) in [5.74, 6) is 1.35. The maximum absolute atomic E-state index is 6.56. The molecule has 32 heavy (non-hydrogen) atoms. The maximum Gasteiger partial charge on any atom is 0.0844 e. The van der Waals surface area contributed by atoms with E-state index in [1.54, 1.807) is 0 Å². The number of ether oxygens (including phenoxy) is 1. The minimum absolute atomic E-state index is 0.0745. The van der Waals surface area contributed by atoms with E-state index in [-0.39, 0.29) is 17.6 Å². The first kappa shape index (κ1) is 23.2. The van der Waals surface area contributed by atoms with Crippen LogP contribution in [0.2, 0.25) is 0 Å². The number of allylic oxidation sites excluding steroid dienone is 5. The number of benzene rings is 1. The van der Waals surface area contributed by atoms with Gasteiger partial charge in [0.2, 0.25) is 0 Å². The Kier molecular flexibility index (Phi) is 7.20. The molecule has 2 nitrogen and oxygen atoms in total. The van der Waals surface area contributed by atoms with Gasteiger partial charge in [-0.15, -0.1) is 0 Å². The molecule has 1 aromatic carbocycles. The Morgan fingerprint density at radius 3 is 2.38 bits per heavy atom. The monoisotopic (exact) mass is 431 g/mol. The number of nitrogens with zero attached hydrogens (tertiary/aromatic N) is 1. The zero-order valence-corrected chi connectivity index (χ0v) is 20.7. The highest BCUT2D eigenvalue weighted by molar-refractivity contribution is 5.98. The fourth-order valence-electron chi connectivity index (χ4n) is 5.49. The first-order valence-electron chi connectivity index (χ1n) is 12.7. The van der Waals surface area contributed by atoms with Crippen LogP contribution in [0.3, 0.4) is 0 Å². The Labute approximate surface area is 195 Å². The Morgan fingerprint density at radius 1 is 1.09 bits per heavy atom. The van der Waals surface area contributed by atoms with Crippen molar-refractivity contribution in [3.63, 3.8) is 0 Å². The van der Waals surface area contributed by atoms with Crippen molar-refractivity contribution < 1.29 is 4.74 Å². The molecule has 0 amide bonds. The number of aliphatic imine (C=N–C) groups is 1. The summed E-state index contributed by atoms with van der Waals surface area (Å²) in [6.07, 6.45) is 18.5. The zero-order chi connectivity index (χ0) is 22.7. The van der Waals surface area contributed by atoms with E-state index in [9.17, 15) is 0 Å². The van der Waals surface area contributed by atoms with Crippen molar-refractivity contribution in [2.45, 2.75) is 90.3 Å². The van der Waals surface area contributed by atoms with Gasteiger partial charge in [-0.3, -0.25) is 4.99 Å². The molecule has 2 atom stereocenters. The van der Waals surface area contributed by atoms with Crippen LogP contribution in [0.25, 0.3) is 0 Å². The van der Waals surface area contributed by atoms with Crippen LogP contribution in [0.4, 0.5) is 0 Å². The predicted molar refractivity (Wildman–Crippen MR) is 136 cm³/mol. The van der Waals surface area contributed by atoms with E-state index >= 15 is 0 Å². The fourth-order valence-corrected chi connectivity index (χ4v) is 5.49. The first-order valence-corrected chi connectivity index (χ1v) is 12.7. The van der Waals surface area contributed by atoms with Crippen LogP contribution in [-0.4, -0.2) is 18.9 Å². The Hall–Kier alpha value is -1.93. The van der Waals surface area contributed by atoms with E-state index in [1.165, 1.54) is 66.5 Å². The van der Waals surface area contributed by atoms with Gasteiger partial charge < -0.3 is 4.74 Å². The number of hydrogen-bond acceptors (Lipinski definition) is 2. The molecule has 0 aliphatic heterocycles. The van der Waals surface area contributed by atoms with Crippen LogP contribution in [0.5, 0.6) is 0 Å². The molecule has 0 aromatic heterocycles. The largest absolute Gasteiger partial charge is 0.366 e. The van der Waals surface area contributed by atoms with Crippen molar-refractivity contribution in [2.75, 3.05) is 7.05 Å². The lowest BCUT2D eigenvalue weighted by molar-refractivity contribution is 0.0154. The molecule has 2 fully saturated rings. The summed E-state index contributed by atoms with van der Waals surface area (Å²) in [6.45, 7) is 9.01. The average molecular weight is 432 g/mol. The summed E-state index contributed by atoms with van der Waals surface area (Å²) >= 11 is 0. The van der Waals surface area contributed by atoms with Gasteiger partial charge in [-0.2, -0.15) is 0 Å². The summed E-state index contributed by atoms with van der Waals surface area (Å²) in [5.41, 5.74) is 7.12. The molecule has 0 spiro atoms. The molecule has 0 bridgehead atoms. The van der Waals surface area contributed by atoms with E-state index in [0.29, 0.717) is 11.8 Å². The van der Waals surface area contributed by atoms with Crippen LogP contribution >= 0.6 is 0 Å². The summed E-state index contributed by atoms with van der Waals surface area (Å²) in [7, 11) is 1.96. The molecule has 0 N–H and O–H groups in total. The highest BCUT2D eigenvalue weighted by atomic mass is 16.5. The molecular formula is C30H41NO. The van der Waals surface area contributed by atoms with Crippen LogP contribution in [0, 0.1) is 11.8 Å². The fraction of sp³-hybridized carbons (Fsp3) is 0.567. The lowest BCUT2D eigenvalue weighted by atomic mass is 9.74. The van der Waals surface area contributed by atoms with Crippen LogP contribution in [-0.2, 0) is 10.2 Å². The van der Waals surface area contributed by atoms with Crippen LogP contribution < -0.4 is 0 Å². The second-order valence-electron chi connectivity index (χ2n) is 10.6. The second-order valence-corrected chi connectivity index (χ2v) is 10.6. The first-order chi connectivity index (χ1) is 15.4. The molecule has 2 heteroatoms. The van der Waals surface area contributed by atoms with Crippen molar-refractivity contribution in [3.05, 3.63) is 70.8 Å². The highest BCUT2D eigenvalue weighted by Crippen LogP contribution is 2.46. The van der Waals surface area contributed by atoms with Gasteiger partial charge in [0.15, 0.2) is 0 Å². The standard InChI is InChI=1S/C30H41NO/c1-6-22(26(23-11-9-12-23)19-28(31-5)24-13-10-14-24)18-17-21(2)32-29-20-30(3,4)27-16-8-7-15-25(27)29/h6-8,15-19,21,23-24,29H,9-14,20H2,1-5H3/b18-17-,22-6+,26-19-,31-28?/t21-,29?/m0/s1. The number of fused-ring (bicyclic) bond motifs is 1. The molecular weight excluding hydrogens is 390 g/mol. The minimum atomic E-state index is 0.0745. The van der Waals surface area contributed by atoms with Gasteiger partial charge in [0.25, 0.3) is 0 Å². The smallest absolute Gasteiger partial charge is 0.0844 e. The normalized spacial score (nSPS) is 25.5. The van der Waals surface area contributed by atoms with Gasteiger partial charge >= 0.3 is 0 Å². The quantitative estimate of drug-likeness (QED) is 0.303. The predicted octanol–water partition coefficient (Wildman–Crippen LogP) is 7.91. The Morgan fingerprint density at radius 2 is 1.78 bits per heavy atom. The molecule has 3 aliphatic carbocycles. The lowest BCUT2D eigenvalue weighted by Gasteiger charge is -2.31. The van der Waals surface area contributed by atoms with Crippen molar-refractivity contribution in [3.8, 4) is 0 Å². The van der Waals surface area contributed by atoms with E-state index in [0.717, 1.165) is 6.42 Å². The summed E-state index contributed by atoms with van der Waals surface area (Å²) < 4.78 is 6.56. The molecule has 0 heterocycles. The summed E-state index contributed by atoms with van der Waals surface area (Å²) in [5, 5.41) is 0. The third-order valence-electron chi connectivity index (χ3n) is 7.93. The van der Waals surface area contributed by atoms with Crippen molar-refractivity contribution in [2.24, 2.45) is 16.8 Å². The summed E-state index contributed by atoms with van der Waals surface area (Å²) in [6, 6.07) is 8.80. The molecule has 0 radical (unpaired) electrons. The van der Waals surface area contributed by atoms with Gasteiger partial charge in [0.05, 0.1) is 12.2 Å². The molecule has 2 saturated carbocycles. The molecule has 4 rings (SSSR count). The van der Waals surface area contributed by atoms with Gasteiger partial charge in [-0.1, -0.05) is 69.2 Å². The molecule has 1 unspecified atom stereocenters. The van der Waals surface area contributed by atoms with Crippen molar-refractivity contribution >= 4 is 5.71 Å². The van der Waals surface area contributed by atoms with Crippen molar-refractivity contribution in [1.82, 2.24) is 0 Å². The summed E-state index contributed by atoms with van der Waals surface area (Å²) in [4.78, 5) is 4.67. The minimum Gasteiger partial charge on any atom is -0.366 e. The number of rotatable bonds is 8. The third kappa shape index (κ3) is 4.86. The SMILES string of the molecule is C/C=C(\C=C/[C@H](C)OC1CC(C)(C)c2ccccc21)C(=C/C(=NC)C1CCC1)/C1CCC1. The molecule has 0 saturated heterocycles. The zero-order valence-electron chi connectivity index (χ0n) is 20.7. The van der Waals surface area contributed by atoms with E-state index in [4.69, 9.17) is 4.74 Å². The third-order valence-corrected chi connectivity index (χ3v) is 7.93. The lowest BCUT2D eigenvalue weighted by Crippen LogP contribution is -2.23. The van der Waals surface area contributed by atoms with E-state index in [2.05, 4.69) is 81.3 Å². The van der Waals surface area contributed by atoms with Gasteiger partial charge in [-0.05, 0) is 85.6 Å². The van der Waals surface area contributed by atoms with E-state index < -0.39 is 0 Å².